The van der Waals surface area contributed by atoms with Gasteiger partial charge < -0.3 is 0 Å². The van der Waals surface area contributed by atoms with Gasteiger partial charge in [0.25, 0.3) is 0 Å². The van der Waals surface area contributed by atoms with Crippen LogP contribution in [0, 0.1) is 12.3 Å². The molecule has 0 aliphatic carbocycles. The summed E-state index contributed by atoms with van der Waals surface area (Å²) in [7, 11) is 0. The molecule has 3 rings (SSSR count). The van der Waals surface area contributed by atoms with Gasteiger partial charge in [-0.1, -0.05) is 48.4 Å². The van der Waals surface area contributed by atoms with Crippen LogP contribution < -0.4 is 0 Å². The van der Waals surface area contributed by atoms with Gasteiger partial charge in [-0.3, -0.25) is 14.5 Å². The highest BCUT2D eigenvalue weighted by Crippen LogP contribution is 2.35. The predicted molar refractivity (Wildman–Crippen MR) is 83.9 cm³/mol. The molecule has 2 aromatic rings. The molecule has 3 nitrogen and oxygen atoms in total. The molecule has 0 radical (unpaired) electrons. The zero-order chi connectivity index (χ0) is 15.5. The van der Waals surface area contributed by atoms with Gasteiger partial charge in [-0.05, 0) is 22.8 Å². The number of nitrogens with zero attached hydrogens (tertiary/aromatic N) is 1. The van der Waals surface area contributed by atoms with E-state index in [4.69, 9.17) is 6.42 Å². The Morgan fingerprint density at radius 3 is 2.73 bits per heavy atom. The number of rotatable bonds is 4. The van der Waals surface area contributed by atoms with Crippen molar-refractivity contribution in [3.05, 3.63) is 70.8 Å². The highest BCUT2D eigenvalue weighted by atomic mass is 16.2. The Morgan fingerprint density at radius 2 is 1.95 bits per heavy atom. The van der Waals surface area contributed by atoms with E-state index in [9.17, 15) is 9.59 Å². The minimum absolute atomic E-state index is 0.410. The van der Waals surface area contributed by atoms with Gasteiger partial charge in [0.1, 0.15) is 6.04 Å². The van der Waals surface area contributed by atoms with Crippen LogP contribution in [-0.2, 0) is 22.7 Å². The molecule has 1 heterocycles. The Bertz CT molecular complexity index is 773. The van der Waals surface area contributed by atoms with Crippen LogP contribution in [0.15, 0.2) is 48.5 Å². The maximum atomic E-state index is 12.1. The number of hydrogen-bond acceptors (Lipinski definition) is 3. The number of terminal acetylenes is 1. The van der Waals surface area contributed by atoms with E-state index in [1.807, 2.05) is 53.4 Å². The molecule has 108 valence electrons. The van der Waals surface area contributed by atoms with Gasteiger partial charge >= 0.3 is 0 Å². The lowest BCUT2D eigenvalue weighted by Crippen LogP contribution is -2.29. The molecular weight excluding hydrogens is 274 g/mol. The lowest BCUT2D eigenvalue weighted by molar-refractivity contribution is -0.133. The molecule has 0 aromatic heterocycles. The molecule has 0 saturated carbocycles. The quantitative estimate of drug-likeness (QED) is 0.493. The molecule has 1 aliphatic heterocycles. The van der Waals surface area contributed by atoms with Gasteiger partial charge in [0.05, 0.1) is 0 Å². The summed E-state index contributed by atoms with van der Waals surface area (Å²) in [4.78, 5) is 25.1. The fourth-order valence-corrected chi connectivity index (χ4v) is 3.01. The number of ketones is 1. The van der Waals surface area contributed by atoms with Crippen molar-refractivity contribution in [2.24, 2.45) is 0 Å². The second-order valence-corrected chi connectivity index (χ2v) is 5.33. The number of hydrogen-bond donors (Lipinski definition) is 0. The van der Waals surface area contributed by atoms with Crippen LogP contribution in [0.1, 0.15) is 28.3 Å². The summed E-state index contributed by atoms with van der Waals surface area (Å²) in [6, 6.07) is 14.9. The molecular formula is C19H15NO2. The molecule has 0 N–H and O–H groups in total. The molecule has 3 heteroatoms. The van der Waals surface area contributed by atoms with E-state index in [0.717, 1.165) is 22.3 Å². The molecule has 22 heavy (non-hydrogen) atoms. The van der Waals surface area contributed by atoms with Gasteiger partial charge in [0.15, 0.2) is 6.29 Å². The number of benzene rings is 2. The molecule has 1 unspecified atom stereocenters. The van der Waals surface area contributed by atoms with Crippen LogP contribution >= 0.6 is 0 Å². The molecule has 0 saturated heterocycles. The van der Waals surface area contributed by atoms with Crippen LogP contribution in [0.25, 0.3) is 0 Å². The minimum Gasteiger partial charge on any atom is -0.295 e. The highest BCUT2D eigenvalue weighted by Gasteiger charge is 2.34. The van der Waals surface area contributed by atoms with Crippen molar-refractivity contribution in [1.82, 2.24) is 4.90 Å². The normalized spacial score (nSPS) is 16.8. The van der Waals surface area contributed by atoms with E-state index in [1.165, 1.54) is 0 Å². The number of carbonyl (C=O) groups is 2. The van der Waals surface area contributed by atoms with Gasteiger partial charge in [0.2, 0.25) is 5.78 Å². The lowest BCUT2D eigenvalue weighted by atomic mass is 10.0. The van der Waals surface area contributed by atoms with Crippen LogP contribution in [0.2, 0.25) is 0 Å². The maximum Gasteiger partial charge on any atom is 0.216 e. The molecule has 2 aromatic carbocycles. The second-order valence-electron chi connectivity index (χ2n) is 5.33. The van der Waals surface area contributed by atoms with Gasteiger partial charge in [-0.15, -0.1) is 6.42 Å². The summed E-state index contributed by atoms with van der Waals surface area (Å²) in [5.41, 5.74) is 3.80. The number of aldehydes is 1. The zero-order valence-corrected chi connectivity index (χ0v) is 12.0. The summed E-state index contributed by atoms with van der Waals surface area (Å²) in [6.45, 7) is 1.18. The molecule has 1 atom stereocenters. The largest absolute Gasteiger partial charge is 0.295 e. The average molecular weight is 289 g/mol. The SMILES string of the molecule is C#Cc1ccccc1CN1Cc2ccccc2C1C(=O)C=O. The Kier molecular flexibility index (Phi) is 3.86. The van der Waals surface area contributed by atoms with Crippen LogP contribution in [0.3, 0.4) is 0 Å². The van der Waals surface area contributed by atoms with E-state index >= 15 is 0 Å². The van der Waals surface area contributed by atoms with E-state index in [0.29, 0.717) is 19.4 Å². The summed E-state index contributed by atoms with van der Waals surface area (Å²) in [6.07, 6.45) is 5.95. The van der Waals surface area contributed by atoms with Crippen molar-refractivity contribution < 1.29 is 9.59 Å². The van der Waals surface area contributed by atoms with Gasteiger partial charge in [0, 0.05) is 18.7 Å². The van der Waals surface area contributed by atoms with Gasteiger partial charge in [-0.2, -0.15) is 0 Å². The fourth-order valence-electron chi connectivity index (χ4n) is 3.01. The molecule has 0 spiro atoms. The van der Waals surface area contributed by atoms with Crippen molar-refractivity contribution in [3.63, 3.8) is 0 Å². The maximum absolute atomic E-state index is 12.1. The predicted octanol–water partition coefficient (Wildman–Crippen LogP) is 2.49. The third-order valence-electron chi connectivity index (χ3n) is 4.02. The van der Waals surface area contributed by atoms with Crippen molar-refractivity contribution >= 4 is 12.1 Å². The summed E-state index contributed by atoms with van der Waals surface area (Å²) < 4.78 is 0. The Balaban J connectivity index is 1.96. The van der Waals surface area contributed by atoms with Crippen molar-refractivity contribution in [1.29, 1.82) is 0 Å². The van der Waals surface area contributed by atoms with Crippen LogP contribution in [0.5, 0.6) is 0 Å². The minimum atomic E-state index is -0.514. The van der Waals surface area contributed by atoms with E-state index in [2.05, 4.69) is 5.92 Å². The van der Waals surface area contributed by atoms with E-state index in [1.54, 1.807) is 0 Å². The molecule has 0 amide bonds. The number of Topliss-reactive ketones (excluding diaryl/α,β-unsaturated/α-hetero) is 1. The smallest absolute Gasteiger partial charge is 0.216 e. The monoisotopic (exact) mass is 289 g/mol. The van der Waals surface area contributed by atoms with E-state index in [-0.39, 0.29) is 0 Å². The van der Waals surface area contributed by atoms with Crippen molar-refractivity contribution in [2.75, 3.05) is 0 Å². The second kappa shape index (κ2) is 5.97. The first kappa shape index (κ1) is 14.2. The Labute approximate surface area is 129 Å². The summed E-state index contributed by atoms with van der Waals surface area (Å²) in [5, 5.41) is 0. The first-order valence-corrected chi connectivity index (χ1v) is 7.10. The summed E-state index contributed by atoms with van der Waals surface area (Å²) in [5.74, 6) is 2.25. The standard InChI is InChI=1S/C19H15NO2/c1-2-14-7-3-4-8-15(14)11-20-12-16-9-5-6-10-17(16)19(20)18(22)13-21/h1,3-10,13,19H,11-12H2. The number of carbonyl (C=O) groups excluding carboxylic acids is 2. The molecule has 0 fully saturated rings. The third-order valence-corrected chi connectivity index (χ3v) is 4.02. The highest BCUT2D eigenvalue weighted by molar-refractivity contribution is 6.27. The summed E-state index contributed by atoms with van der Waals surface area (Å²) >= 11 is 0. The van der Waals surface area contributed by atoms with Crippen LogP contribution in [-0.4, -0.2) is 17.0 Å². The lowest BCUT2D eigenvalue weighted by Gasteiger charge is -2.23. The molecule has 1 aliphatic rings. The van der Waals surface area contributed by atoms with E-state index < -0.39 is 11.8 Å². The Hall–Kier alpha value is -2.70. The first-order valence-electron chi connectivity index (χ1n) is 7.10. The number of fused-ring (bicyclic) bond motifs is 1. The Morgan fingerprint density at radius 1 is 1.23 bits per heavy atom. The zero-order valence-electron chi connectivity index (χ0n) is 12.0. The topological polar surface area (TPSA) is 37.4 Å². The fraction of sp³-hybridized carbons (Fsp3) is 0.158. The van der Waals surface area contributed by atoms with Crippen molar-refractivity contribution in [3.8, 4) is 12.3 Å². The van der Waals surface area contributed by atoms with Crippen molar-refractivity contribution in [2.45, 2.75) is 19.1 Å². The molecule has 0 bridgehead atoms. The first-order chi connectivity index (χ1) is 10.7. The average Bonchev–Trinajstić information content (AvgIpc) is 2.92. The van der Waals surface area contributed by atoms with Gasteiger partial charge in [-0.25, -0.2) is 0 Å². The third kappa shape index (κ3) is 2.45. The van der Waals surface area contributed by atoms with Crippen LogP contribution in [0.4, 0.5) is 0 Å².